The molecule has 0 unspecified atom stereocenters. The summed E-state index contributed by atoms with van der Waals surface area (Å²) in [5, 5.41) is 8.92. The summed E-state index contributed by atoms with van der Waals surface area (Å²) in [5.41, 5.74) is 3.88. The van der Waals surface area contributed by atoms with Crippen LogP contribution in [0, 0.1) is 16.7 Å². The molecule has 0 saturated carbocycles. The summed E-state index contributed by atoms with van der Waals surface area (Å²) in [5.74, 6) is 0.141. The molecule has 0 atom stereocenters. The van der Waals surface area contributed by atoms with Gasteiger partial charge in [0.25, 0.3) is 0 Å². The maximum atomic E-state index is 12.5. The van der Waals surface area contributed by atoms with Crippen LogP contribution in [0.25, 0.3) is 0 Å². The lowest BCUT2D eigenvalue weighted by molar-refractivity contribution is 0.0857. The van der Waals surface area contributed by atoms with Gasteiger partial charge >= 0.3 is 0 Å². The van der Waals surface area contributed by atoms with Crippen LogP contribution < -0.4 is 0 Å². The van der Waals surface area contributed by atoms with Crippen molar-refractivity contribution in [3.63, 3.8) is 0 Å². The Kier molecular flexibility index (Phi) is 3.26. The van der Waals surface area contributed by atoms with E-state index in [-0.39, 0.29) is 5.78 Å². The van der Waals surface area contributed by atoms with Crippen molar-refractivity contribution in [2.45, 2.75) is 46.5 Å². The van der Waals surface area contributed by atoms with E-state index in [1.807, 2.05) is 26.8 Å². The van der Waals surface area contributed by atoms with Crippen LogP contribution in [0.5, 0.6) is 0 Å². The number of aryl methyl sites for hydroxylation is 2. The predicted octanol–water partition coefficient (Wildman–Crippen LogP) is 3.47. The van der Waals surface area contributed by atoms with E-state index < -0.39 is 5.41 Å². The average molecular weight is 241 g/mol. The molecule has 0 bridgehead atoms. The van der Waals surface area contributed by atoms with E-state index in [4.69, 9.17) is 5.26 Å². The molecule has 1 aliphatic carbocycles. The molecule has 0 radical (unpaired) electrons. The third kappa shape index (κ3) is 2.31. The Labute approximate surface area is 109 Å². The van der Waals surface area contributed by atoms with E-state index in [0.717, 1.165) is 30.4 Å². The first-order valence-corrected chi connectivity index (χ1v) is 6.50. The highest BCUT2D eigenvalue weighted by atomic mass is 16.1. The van der Waals surface area contributed by atoms with Crippen LogP contribution in [0.1, 0.15) is 54.2 Å². The fourth-order valence-electron chi connectivity index (χ4n) is 2.52. The summed E-state index contributed by atoms with van der Waals surface area (Å²) in [6, 6.07) is 6.27. The van der Waals surface area contributed by atoms with Gasteiger partial charge < -0.3 is 0 Å². The number of nitriles is 1. The monoisotopic (exact) mass is 241 g/mol. The van der Waals surface area contributed by atoms with Gasteiger partial charge in [0, 0.05) is 11.0 Å². The van der Waals surface area contributed by atoms with Gasteiger partial charge in [-0.2, -0.15) is 5.26 Å². The molecule has 2 nitrogen and oxygen atoms in total. The standard InChI is InChI=1S/C16H19NO/c1-16(2,3)15(18)14-10-12-6-4-5-11(12)9-13(14)7-8-17/h9-10H,4-7H2,1-3H3. The molecule has 1 aromatic carbocycles. The van der Waals surface area contributed by atoms with Gasteiger partial charge in [0.05, 0.1) is 12.5 Å². The van der Waals surface area contributed by atoms with Crippen LogP contribution >= 0.6 is 0 Å². The van der Waals surface area contributed by atoms with Crippen molar-refractivity contribution in [3.8, 4) is 6.07 Å². The molecule has 1 aromatic rings. The summed E-state index contributed by atoms with van der Waals surface area (Å²) in [4.78, 5) is 12.5. The molecular formula is C16H19NO. The zero-order valence-electron chi connectivity index (χ0n) is 11.3. The number of nitrogens with zero attached hydrogens (tertiary/aromatic N) is 1. The van der Waals surface area contributed by atoms with Gasteiger partial charge in [-0.25, -0.2) is 0 Å². The first-order valence-electron chi connectivity index (χ1n) is 6.50. The van der Waals surface area contributed by atoms with Crippen LogP contribution in [0.4, 0.5) is 0 Å². The lowest BCUT2D eigenvalue weighted by Crippen LogP contribution is -2.22. The van der Waals surface area contributed by atoms with Gasteiger partial charge in [-0.1, -0.05) is 26.8 Å². The molecule has 0 N–H and O–H groups in total. The van der Waals surface area contributed by atoms with Crippen LogP contribution in [0.2, 0.25) is 0 Å². The number of ketones is 1. The highest BCUT2D eigenvalue weighted by Crippen LogP contribution is 2.30. The summed E-state index contributed by atoms with van der Waals surface area (Å²) in [7, 11) is 0. The Hall–Kier alpha value is -1.62. The van der Waals surface area contributed by atoms with Crippen molar-refractivity contribution in [1.82, 2.24) is 0 Å². The average Bonchev–Trinajstić information content (AvgIpc) is 2.73. The molecule has 94 valence electrons. The number of hydrogen-bond donors (Lipinski definition) is 0. The molecule has 18 heavy (non-hydrogen) atoms. The lowest BCUT2D eigenvalue weighted by atomic mass is 9.83. The number of benzene rings is 1. The highest BCUT2D eigenvalue weighted by Gasteiger charge is 2.26. The maximum absolute atomic E-state index is 12.5. The lowest BCUT2D eigenvalue weighted by Gasteiger charge is -2.19. The zero-order valence-corrected chi connectivity index (χ0v) is 11.3. The number of fused-ring (bicyclic) bond motifs is 1. The molecule has 2 heteroatoms. The summed E-state index contributed by atoms with van der Waals surface area (Å²) >= 11 is 0. The molecule has 0 saturated heterocycles. The molecular weight excluding hydrogens is 222 g/mol. The number of Topliss-reactive ketones (excluding diaryl/α,β-unsaturated/α-hetero) is 1. The molecule has 0 aromatic heterocycles. The smallest absolute Gasteiger partial charge is 0.168 e. The molecule has 0 amide bonds. The van der Waals surface area contributed by atoms with E-state index >= 15 is 0 Å². The van der Waals surface area contributed by atoms with E-state index in [0.29, 0.717) is 6.42 Å². The van der Waals surface area contributed by atoms with Crippen molar-refractivity contribution < 1.29 is 4.79 Å². The van der Waals surface area contributed by atoms with Gasteiger partial charge in [-0.3, -0.25) is 4.79 Å². The molecule has 1 aliphatic rings. The van der Waals surface area contributed by atoms with Gasteiger partial charge in [-0.05, 0) is 42.0 Å². The minimum atomic E-state index is -0.392. The second-order valence-corrected chi connectivity index (χ2v) is 6.05. The summed E-state index contributed by atoms with van der Waals surface area (Å²) in [6.45, 7) is 5.79. The van der Waals surface area contributed by atoms with E-state index in [2.05, 4.69) is 12.1 Å². The van der Waals surface area contributed by atoms with Gasteiger partial charge in [0.15, 0.2) is 5.78 Å². The Morgan fingerprint density at radius 2 is 1.89 bits per heavy atom. The second-order valence-electron chi connectivity index (χ2n) is 6.05. The van der Waals surface area contributed by atoms with Crippen LogP contribution in [0.3, 0.4) is 0 Å². The van der Waals surface area contributed by atoms with Crippen molar-refractivity contribution in [3.05, 3.63) is 34.4 Å². The zero-order chi connectivity index (χ0) is 13.3. The maximum Gasteiger partial charge on any atom is 0.168 e. The number of carbonyl (C=O) groups is 1. The van der Waals surface area contributed by atoms with E-state index in [1.54, 1.807) is 0 Å². The van der Waals surface area contributed by atoms with Crippen molar-refractivity contribution in [2.24, 2.45) is 5.41 Å². The van der Waals surface area contributed by atoms with Crippen molar-refractivity contribution in [1.29, 1.82) is 5.26 Å². The minimum absolute atomic E-state index is 0.141. The fourth-order valence-corrected chi connectivity index (χ4v) is 2.52. The van der Waals surface area contributed by atoms with Gasteiger partial charge in [-0.15, -0.1) is 0 Å². The molecule has 0 heterocycles. The normalized spacial score (nSPS) is 14.1. The SMILES string of the molecule is CC(C)(C)C(=O)c1cc2c(cc1CC#N)CCC2. The third-order valence-corrected chi connectivity index (χ3v) is 3.51. The predicted molar refractivity (Wildman–Crippen MR) is 71.6 cm³/mol. The highest BCUT2D eigenvalue weighted by molar-refractivity contribution is 6.01. The molecule has 0 fully saturated rings. The van der Waals surface area contributed by atoms with Crippen LogP contribution in [-0.2, 0) is 19.3 Å². The first kappa shape index (κ1) is 12.8. The third-order valence-electron chi connectivity index (χ3n) is 3.51. The number of hydrogen-bond acceptors (Lipinski definition) is 2. The number of carbonyl (C=O) groups excluding carboxylic acids is 1. The molecule has 2 rings (SSSR count). The molecule has 0 aliphatic heterocycles. The van der Waals surface area contributed by atoms with Gasteiger partial charge in [0.1, 0.15) is 0 Å². The van der Waals surface area contributed by atoms with Crippen LogP contribution in [0.15, 0.2) is 12.1 Å². The summed E-state index contributed by atoms with van der Waals surface area (Å²) in [6.07, 6.45) is 3.63. The Morgan fingerprint density at radius 3 is 2.44 bits per heavy atom. The summed E-state index contributed by atoms with van der Waals surface area (Å²) < 4.78 is 0. The number of rotatable bonds is 2. The fraction of sp³-hybridized carbons (Fsp3) is 0.500. The molecule has 0 spiro atoms. The Bertz CT molecular complexity index is 529. The first-order chi connectivity index (χ1) is 8.43. The van der Waals surface area contributed by atoms with Crippen molar-refractivity contribution >= 4 is 5.78 Å². The van der Waals surface area contributed by atoms with E-state index in [1.165, 1.54) is 11.1 Å². The Morgan fingerprint density at radius 1 is 1.28 bits per heavy atom. The second kappa shape index (κ2) is 4.57. The topological polar surface area (TPSA) is 40.9 Å². The quantitative estimate of drug-likeness (QED) is 0.744. The van der Waals surface area contributed by atoms with Gasteiger partial charge in [0.2, 0.25) is 0 Å². The van der Waals surface area contributed by atoms with Crippen molar-refractivity contribution in [2.75, 3.05) is 0 Å². The largest absolute Gasteiger partial charge is 0.294 e. The minimum Gasteiger partial charge on any atom is -0.294 e. The van der Waals surface area contributed by atoms with Crippen LogP contribution in [-0.4, -0.2) is 5.78 Å². The van der Waals surface area contributed by atoms with E-state index in [9.17, 15) is 4.79 Å². The Balaban J connectivity index is 2.52.